The third-order valence-electron chi connectivity index (χ3n) is 7.23. The Morgan fingerprint density at radius 3 is 2.62 bits per heavy atom. The van der Waals surface area contributed by atoms with Crippen LogP contribution in [0.4, 0.5) is 0 Å². The van der Waals surface area contributed by atoms with Crippen molar-refractivity contribution in [3.8, 4) is 0 Å². The van der Waals surface area contributed by atoms with Gasteiger partial charge in [-0.1, -0.05) is 39.3 Å². The molecule has 0 aromatic carbocycles. The Morgan fingerprint density at radius 1 is 1.27 bits per heavy atom. The summed E-state index contributed by atoms with van der Waals surface area (Å²) in [6.45, 7) is 11.3. The van der Waals surface area contributed by atoms with Crippen LogP contribution in [0.5, 0.6) is 0 Å². The molecule has 0 saturated heterocycles. The SMILES string of the molecule is C=C1CCC2C(C)(C)CCC[C@]2(C)[C@H]1CC1=C(O)C(=O)C=C(OC)C1=O. The molecule has 1 N–H and O–H groups in total. The predicted molar refractivity (Wildman–Crippen MR) is 100 cm³/mol. The fraction of sp³-hybridized carbons (Fsp3) is 0.636. The zero-order valence-electron chi connectivity index (χ0n) is 16.4. The van der Waals surface area contributed by atoms with Gasteiger partial charge in [0, 0.05) is 11.6 Å². The van der Waals surface area contributed by atoms with Crippen LogP contribution in [0, 0.1) is 22.7 Å². The van der Waals surface area contributed by atoms with Crippen LogP contribution in [0.1, 0.15) is 59.3 Å². The van der Waals surface area contributed by atoms with Gasteiger partial charge in [0.25, 0.3) is 0 Å². The summed E-state index contributed by atoms with van der Waals surface area (Å²) >= 11 is 0. The van der Waals surface area contributed by atoms with E-state index in [4.69, 9.17) is 4.74 Å². The number of aliphatic hydroxyl groups excluding tert-OH is 1. The van der Waals surface area contributed by atoms with Gasteiger partial charge in [0.05, 0.1) is 7.11 Å². The topological polar surface area (TPSA) is 63.6 Å². The molecule has 0 heterocycles. The standard InChI is InChI=1S/C22H30O4/c1-13-7-8-18-21(2,3)9-6-10-22(18,4)15(13)11-14-19(24)16(23)12-17(26-5)20(14)25/h12,15,18,24H,1,6-11H2,2-5H3/t15-,18?,22+/m0/s1. The highest BCUT2D eigenvalue weighted by Gasteiger charge is 2.53. The van der Waals surface area contributed by atoms with Gasteiger partial charge in [0.15, 0.2) is 11.5 Å². The molecule has 26 heavy (non-hydrogen) atoms. The van der Waals surface area contributed by atoms with Crippen LogP contribution in [0.2, 0.25) is 0 Å². The number of carbonyl (C=O) groups is 2. The molecule has 0 spiro atoms. The van der Waals surface area contributed by atoms with Gasteiger partial charge >= 0.3 is 0 Å². The number of Topliss-reactive ketones (excluding diaryl/α,β-unsaturated/α-hetero) is 1. The molecule has 0 radical (unpaired) electrons. The number of rotatable bonds is 3. The predicted octanol–water partition coefficient (Wildman–Crippen LogP) is 4.67. The highest BCUT2D eigenvalue weighted by Crippen LogP contribution is 2.62. The Labute approximate surface area is 156 Å². The molecule has 2 saturated carbocycles. The molecule has 4 nitrogen and oxygen atoms in total. The monoisotopic (exact) mass is 358 g/mol. The lowest BCUT2D eigenvalue weighted by molar-refractivity contribution is -0.120. The minimum Gasteiger partial charge on any atom is -0.504 e. The maximum Gasteiger partial charge on any atom is 0.227 e. The van der Waals surface area contributed by atoms with Crippen molar-refractivity contribution in [2.45, 2.75) is 59.3 Å². The summed E-state index contributed by atoms with van der Waals surface area (Å²) in [4.78, 5) is 24.8. The number of fused-ring (bicyclic) bond motifs is 1. The summed E-state index contributed by atoms with van der Waals surface area (Å²) in [6.07, 6.45) is 6.97. The lowest BCUT2D eigenvalue weighted by Crippen LogP contribution is -2.49. The van der Waals surface area contributed by atoms with Crippen molar-refractivity contribution in [3.05, 3.63) is 35.3 Å². The number of ketones is 2. The molecule has 0 aromatic heterocycles. The zero-order valence-corrected chi connectivity index (χ0v) is 16.4. The summed E-state index contributed by atoms with van der Waals surface area (Å²) in [5.41, 5.74) is 1.61. The molecule has 0 aromatic rings. The van der Waals surface area contributed by atoms with Gasteiger partial charge < -0.3 is 9.84 Å². The van der Waals surface area contributed by atoms with Crippen LogP contribution >= 0.6 is 0 Å². The zero-order chi connectivity index (χ0) is 19.3. The maximum atomic E-state index is 12.7. The van der Waals surface area contributed by atoms with E-state index >= 15 is 0 Å². The van der Waals surface area contributed by atoms with E-state index in [1.165, 1.54) is 13.5 Å². The van der Waals surface area contributed by atoms with Gasteiger partial charge in [-0.25, -0.2) is 0 Å². The lowest BCUT2D eigenvalue weighted by atomic mass is 9.47. The highest BCUT2D eigenvalue weighted by molar-refractivity contribution is 6.20. The normalized spacial score (nSPS) is 34.5. The number of aliphatic hydroxyl groups is 1. The molecular weight excluding hydrogens is 328 g/mol. The van der Waals surface area contributed by atoms with Gasteiger partial charge in [0.2, 0.25) is 11.6 Å². The summed E-state index contributed by atoms with van der Waals surface area (Å²) < 4.78 is 5.06. The molecular formula is C22H30O4. The van der Waals surface area contributed by atoms with E-state index in [2.05, 4.69) is 27.4 Å². The summed E-state index contributed by atoms with van der Waals surface area (Å²) in [6, 6.07) is 0. The van der Waals surface area contributed by atoms with Crippen LogP contribution in [-0.4, -0.2) is 23.8 Å². The van der Waals surface area contributed by atoms with E-state index in [0.717, 1.165) is 37.3 Å². The maximum absolute atomic E-state index is 12.7. The molecule has 3 aliphatic carbocycles. The van der Waals surface area contributed by atoms with Crippen LogP contribution in [-0.2, 0) is 14.3 Å². The van der Waals surface area contributed by atoms with Crippen LogP contribution in [0.3, 0.4) is 0 Å². The molecule has 0 aliphatic heterocycles. The number of carbonyl (C=O) groups excluding carboxylic acids is 2. The largest absolute Gasteiger partial charge is 0.504 e. The highest BCUT2D eigenvalue weighted by atomic mass is 16.5. The minimum atomic E-state index is -0.552. The molecule has 0 bridgehead atoms. The van der Waals surface area contributed by atoms with Crippen molar-refractivity contribution < 1.29 is 19.4 Å². The molecule has 1 unspecified atom stereocenters. The second kappa shape index (κ2) is 6.40. The number of hydrogen-bond acceptors (Lipinski definition) is 4. The Morgan fingerprint density at radius 2 is 1.96 bits per heavy atom. The number of hydrogen-bond donors (Lipinski definition) is 1. The second-order valence-corrected chi connectivity index (χ2v) is 9.09. The quantitative estimate of drug-likeness (QED) is 0.588. The van der Waals surface area contributed by atoms with Gasteiger partial charge in [-0.15, -0.1) is 0 Å². The first-order valence-electron chi connectivity index (χ1n) is 9.56. The van der Waals surface area contributed by atoms with Crippen LogP contribution in [0.15, 0.2) is 35.3 Å². The third-order valence-corrected chi connectivity index (χ3v) is 7.23. The van der Waals surface area contributed by atoms with E-state index in [1.54, 1.807) is 0 Å². The molecule has 142 valence electrons. The van der Waals surface area contributed by atoms with E-state index < -0.39 is 11.5 Å². The Balaban J connectivity index is 1.97. The van der Waals surface area contributed by atoms with Crippen LogP contribution in [0.25, 0.3) is 0 Å². The van der Waals surface area contributed by atoms with Crippen molar-refractivity contribution >= 4 is 11.6 Å². The molecule has 2 fully saturated rings. The number of allylic oxidation sites excluding steroid dienone is 3. The number of methoxy groups -OCH3 is 1. The molecule has 3 atom stereocenters. The average molecular weight is 358 g/mol. The summed E-state index contributed by atoms with van der Waals surface area (Å²) in [5, 5.41) is 10.3. The third kappa shape index (κ3) is 2.83. The molecule has 0 amide bonds. The fourth-order valence-electron chi connectivity index (χ4n) is 5.85. The van der Waals surface area contributed by atoms with Crippen LogP contribution < -0.4 is 0 Å². The van der Waals surface area contributed by atoms with Crippen molar-refractivity contribution in [2.24, 2.45) is 22.7 Å². The van der Waals surface area contributed by atoms with E-state index in [1.807, 2.05) is 0 Å². The molecule has 3 rings (SSSR count). The smallest absolute Gasteiger partial charge is 0.227 e. The van der Waals surface area contributed by atoms with E-state index in [9.17, 15) is 14.7 Å². The summed E-state index contributed by atoms with van der Waals surface area (Å²) in [7, 11) is 1.37. The van der Waals surface area contributed by atoms with Gasteiger partial charge in [-0.3, -0.25) is 9.59 Å². The first kappa shape index (κ1) is 18.9. The summed E-state index contributed by atoms with van der Waals surface area (Å²) in [5.74, 6) is -0.708. The Kier molecular flexibility index (Phi) is 4.66. The fourth-order valence-corrected chi connectivity index (χ4v) is 5.85. The first-order valence-corrected chi connectivity index (χ1v) is 9.56. The minimum absolute atomic E-state index is 0.00917. The van der Waals surface area contributed by atoms with E-state index in [-0.39, 0.29) is 33.9 Å². The van der Waals surface area contributed by atoms with Gasteiger partial charge in [-0.2, -0.15) is 0 Å². The van der Waals surface area contributed by atoms with Crippen molar-refractivity contribution in [3.63, 3.8) is 0 Å². The first-order chi connectivity index (χ1) is 12.1. The van der Waals surface area contributed by atoms with Crippen molar-refractivity contribution in [1.82, 2.24) is 0 Å². The molecule has 4 heteroatoms. The van der Waals surface area contributed by atoms with Gasteiger partial charge in [0.1, 0.15) is 0 Å². The van der Waals surface area contributed by atoms with E-state index in [0.29, 0.717) is 12.3 Å². The van der Waals surface area contributed by atoms with Crippen molar-refractivity contribution in [1.29, 1.82) is 0 Å². The van der Waals surface area contributed by atoms with Gasteiger partial charge in [-0.05, 0) is 54.8 Å². The number of ether oxygens (including phenoxy) is 1. The average Bonchev–Trinajstić information content (AvgIpc) is 2.56. The Bertz CT molecular complexity index is 724. The lowest BCUT2D eigenvalue weighted by Gasteiger charge is -2.58. The molecule has 3 aliphatic rings. The second-order valence-electron chi connectivity index (χ2n) is 9.09. The Hall–Kier alpha value is -1.84. The van der Waals surface area contributed by atoms with Crippen molar-refractivity contribution in [2.75, 3.05) is 7.11 Å².